The Morgan fingerprint density at radius 3 is 2.45 bits per heavy atom. The lowest BCUT2D eigenvalue weighted by atomic mass is 10.1. The summed E-state index contributed by atoms with van der Waals surface area (Å²) in [7, 11) is 0. The van der Waals surface area contributed by atoms with Crippen molar-refractivity contribution < 1.29 is 5.11 Å². The van der Waals surface area contributed by atoms with Crippen molar-refractivity contribution in [3.63, 3.8) is 0 Å². The van der Waals surface area contributed by atoms with Crippen LogP contribution in [-0.4, -0.2) is 42.3 Å². The molecule has 1 rings (SSSR count). The van der Waals surface area contributed by atoms with Gasteiger partial charge in [0, 0.05) is 13.1 Å². The first-order valence-corrected chi connectivity index (χ1v) is 4.43. The van der Waals surface area contributed by atoms with Gasteiger partial charge in [0.05, 0.1) is 6.10 Å². The Bertz CT molecular complexity index is 102. The van der Waals surface area contributed by atoms with Gasteiger partial charge >= 0.3 is 0 Å². The van der Waals surface area contributed by atoms with Crippen molar-refractivity contribution in [2.45, 2.75) is 25.4 Å². The summed E-state index contributed by atoms with van der Waals surface area (Å²) < 4.78 is 0. The molecule has 0 spiro atoms. The van der Waals surface area contributed by atoms with E-state index in [1.165, 1.54) is 19.3 Å². The number of aliphatic hydroxyl groups excluding tert-OH is 1. The highest BCUT2D eigenvalue weighted by Gasteiger charge is 2.12. The summed E-state index contributed by atoms with van der Waals surface area (Å²) in [6, 6.07) is 0. The molecule has 0 aromatic rings. The van der Waals surface area contributed by atoms with Crippen LogP contribution in [0, 0.1) is 0 Å². The molecule has 0 aliphatic carbocycles. The molecule has 0 radical (unpaired) electrons. The summed E-state index contributed by atoms with van der Waals surface area (Å²) in [6.45, 7) is 3.42. The highest BCUT2D eigenvalue weighted by atomic mass is 16.3. The Kier molecular flexibility index (Phi) is 3.83. The van der Waals surface area contributed by atoms with E-state index in [1.807, 2.05) is 0 Å². The summed E-state index contributed by atoms with van der Waals surface area (Å²) in [5, 5.41) is 9.24. The van der Waals surface area contributed by atoms with Crippen LogP contribution in [0.25, 0.3) is 0 Å². The molecule has 0 aromatic heterocycles. The van der Waals surface area contributed by atoms with Crippen LogP contribution in [0.5, 0.6) is 0 Å². The summed E-state index contributed by atoms with van der Waals surface area (Å²) >= 11 is 0. The van der Waals surface area contributed by atoms with Crippen molar-refractivity contribution in [3.05, 3.63) is 0 Å². The normalized spacial score (nSPS) is 23.5. The topological polar surface area (TPSA) is 49.5 Å². The minimum absolute atomic E-state index is 0.326. The van der Waals surface area contributed by atoms with Gasteiger partial charge in [0.25, 0.3) is 0 Å². The van der Waals surface area contributed by atoms with Crippen LogP contribution in [0.4, 0.5) is 0 Å². The fourth-order valence-corrected chi connectivity index (χ4v) is 1.51. The van der Waals surface area contributed by atoms with Gasteiger partial charge < -0.3 is 15.7 Å². The number of hydrogen-bond donors (Lipinski definition) is 2. The largest absolute Gasteiger partial charge is 0.390 e. The molecule has 3 nitrogen and oxygen atoms in total. The molecule has 0 amide bonds. The average Bonchev–Trinajstić information content (AvgIpc) is 2.06. The van der Waals surface area contributed by atoms with Crippen LogP contribution in [0.3, 0.4) is 0 Å². The molecule has 3 heteroatoms. The number of rotatable bonds is 3. The second-order valence-corrected chi connectivity index (χ2v) is 3.25. The fraction of sp³-hybridized carbons (Fsp3) is 1.00. The Labute approximate surface area is 68.2 Å². The second-order valence-electron chi connectivity index (χ2n) is 3.25. The molecule has 0 aromatic carbocycles. The number of likely N-dealkylation sites (tertiary alicyclic amines) is 1. The molecule has 0 bridgehead atoms. The maximum Gasteiger partial charge on any atom is 0.0789 e. The Morgan fingerprint density at radius 2 is 1.91 bits per heavy atom. The lowest BCUT2D eigenvalue weighted by Gasteiger charge is -2.27. The lowest BCUT2D eigenvalue weighted by molar-refractivity contribution is 0.107. The molecule has 1 aliphatic heterocycles. The molecule has 1 aliphatic rings. The molecular formula is C8H18N2O. The monoisotopic (exact) mass is 158 g/mol. The van der Waals surface area contributed by atoms with E-state index < -0.39 is 0 Å². The van der Waals surface area contributed by atoms with Crippen LogP contribution >= 0.6 is 0 Å². The molecule has 11 heavy (non-hydrogen) atoms. The highest BCUT2D eigenvalue weighted by molar-refractivity contribution is 4.68. The predicted molar refractivity (Wildman–Crippen MR) is 45.4 cm³/mol. The molecular weight excluding hydrogens is 140 g/mol. The first-order valence-electron chi connectivity index (χ1n) is 4.43. The van der Waals surface area contributed by atoms with Gasteiger partial charge in [-0.15, -0.1) is 0 Å². The van der Waals surface area contributed by atoms with Crippen LogP contribution in [0.1, 0.15) is 19.3 Å². The third-order valence-electron chi connectivity index (χ3n) is 2.19. The zero-order valence-electron chi connectivity index (χ0n) is 7.00. The minimum atomic E-state index is -0.326. The van der Waals surface area contributed by atoms with Crippen molar-refractivity contribution in [3.8, 4) is 0 Å². The van der Waals surface area contributed by atoms with Crippen LogP contribution in [0.15, 0.2) is 0 Å². The predicted octanol–water partition coefficient (Wildman–Crippen LogP) is -0.208. The standard InChI is InChI=1S/C8H18N2O/c9-6-8(11)7-10-4-2-1-3-5-10/h8,11H,1-7,9H2. The number of nitrogens with two attached hydrogens (primary N) is 1. The van der Waals surface area contributed by atoms with Crippen LogP contribution in [0.2, 0.25) is 0 Å². The Hall–Kier alpha value is -0.120. The fourth-order valence-electron chi connectivity index (χ4n) is 1.51. The van der Waals surface area contributed by atoms with E-state index in [0.29, 0.717) is 6.54 Å². The van der Waals surface area contributed by atoms with Gasteiger partial charge in [-0.3, -0.25) is 0 Å². The SMILES string of the molecule is NCC(O)CN1CCCCC1. The number of piperidine rings is 1. The molecule has 3 N–H and O–H groups in total. The van der Waals surface area contributed by atoms with Crippen molar-refractivity contribution in [1.82, 2.24) is 4.90 Å². The number of nitrogens with zero attached hydrogens (tertiary/aromatic N) is 1. The molecule has 0 saturated carbocycles. The Morgan fingerprint density at radius 1 is 1.27 bits per heavy atom. The highest BCUT2D eigenvalue weighted by Crippen LogP contribution is 2.08. The first-order chi connectivity index (χ1) is 5.33. The zero-order chi connectivity index (χ0) is 8.10. The van der Waals surface area contributed by atoms with Gasteiger partial charge in [0.1, 0.15) is 0 Å². The smallest absolute Gasteiger partial charge is 0.0789 e. The minimum Gasteiger partial charge on any atom is -0.390 e. The molecule has 1 fully saturated rings. The summed E-state index contributed by atoms with van der Waals surface area (Å²) in [5.41, 5.74) is 5.31. The van der Waals surface area contributed by atoms with E-state index >= 15 is 0 Å². The van der Waals surface area contributed by atoms with E-state index in [0.717, 1.165) is 19.6 Å². The van der Waals surface area contributed by atoms with E-state index in [1.54, 1.807) is 0 Å². The molecule has 66 valence electrons. The van der Waals surface area contributed by atoms with Crippen molar-refractivity contribution >= 4 is 0 Å². The number of aliphatic hydroxyl groups is 1. The molecule has 1 heterocycles. The third kappa shape index (κ3) is 3.18. The van der Waals surface area contributed by atoms with Gasteiger partial charge in [-0.25, -0.2) is 0 Å². The van der Waals surface area contributed by atoms with Crippen molar-refractivity contribution in [1.29, 1.82) is 0 Å². The summed E-state index contributed by atoms with van der Waals surface area (Å²) in [5.74, 6) is 0. The van der Waals surface area contributed by atoms with Gasteiger partial charge in [-0.2, -0.15) is 0 Å². The van der Waals surface area contributed by atoms with Crippen molar-refractivity contribution in [2.24, 2.45) is 5.73 Å². The van der Waals surface area contributed by atoms with E-state index in [4.69, 9.17) is 5.73 Å². The van der Waals surface area contributed by atoms with Gasteiger partial charge in [-0.05, 0) is 25.9 Å². The number of β-amino-alcohol motifs (C(OH)–C–C–N with tert-alkyl or cyclic N) is 1. The molecule has 1 unspecified atom stereocenters. The van der Waals surface area contributed by atoms with E-state index in [-0.39, 0.29) is 6.10 Å². The van der Waals surface area contributed by atoms with Gasteiger partial charge in [-0.1, -0.05) is 6.42 Å². The van der Waals surface area contributed by atoms with Crippen LogP contribution in [-0.2, 0) is 0 Å². The summed E-state index contributed by atoms with van der Waals surface area (Å²) in [4.78, 5) is 2.29. The quantitative estimate of drug-likeness (QED) is 0.597. The molecule has 1 saturated heterocycles. The van der Waals surface area contributed by atoms with E-state index in [9.17, 15) is 5.11 Å². The molecule has 1 atom stereocenters. The van der Waals surface area contributed by atoms with E-state index in [2.05, 4.69) is 4.90 Å². The maximum absolute atomic E-state index is 9.24. The van der Waals surface area contributed by atoms with Crippen LogP contribution < -0.4 is 5.73 Å². The Balaban J connectivity index is 2.13. The van der Waals surface area contributed by atoms with Crippen molar-refractivity contribution in [2.75, 3.05) is 26.2 Å². The van der Waals surface area contributed by atoms with Gasteiger partial charge in [0.2, 0.25) is 0 Å². The maximum atomic E-state index is 9.24. The lowest BCUT2D eigenvalue weighted by Crippen LogP contribution is -2.39. The first kappa shape index (κ1) is 8.97. The van der Waals surface area contributed by atoms with Gasteiger partial charge in [0.15, 0.2) is 0 Å². The summed E-state index contributed by atoms with van der Waals surface area (Å²) in [6.07, 6.45) is 3.57. The third-order valence-corrected chi connectivity index (χ3v) is 2.19. The second kappa shape index (κ2) is 4.70. The number of hydrogen-bond acceptors (Lipinski definition) is 3. The average molecular weight is 158 g/mol. The zero-order valence-corrected chi connectivity index (χ0v) is 7.00.